The molecule has 120 valence electrons. The molecule has 2 N–H and O–H groups in total. The first-order chi connectivity index (χ1) is 9.81. The Labute approximate surface area is 133 Å². The quantitative estimate of drug-likeness (QED) is 0.769. The van der Waals surface area contributed by atoms with Gasteiger partial charge in [-0.3, -0.25) is 0 Å². The van der Waals surface area contributed by atoms with Gasteiger partial charge < -0.3 is 5.32 Å². The summed E-state index contributed by atoms with van der Waals surface area (Å²) in [5, 5.41) is 3.06. The van der Waals surface area contributed by atoms with Crippen LogP contribution in [0.1, 0.15) is 30.0 Å². The number of nitrogens with one attached hydrogen (secondary N) is 2. The van der Waals surface area contributed by atoms with Gasteiger partial charge in [-0.2, -0.15) is 11.8 Å². The van der Waals surface area contributed by atoms with Gasteiger partial charge in [0.05, 0.1) is 4.90 Å². The molecule has 0 saturated heterocycles. The smallest absolute Gasteiger partial charge is 0.241 e. The zero-order valence-electron chi connectivity index (χ0n) is 13.5. The molecule has 0 fully saturated rings. The molecule has 0 aromatic heterocycles. The zero-order chi connectivity index (χ0) is 16.0. The Morgan fingerprint density at radius 1 is 1.29 bits per heavy atom. The lowest BCUT2D eigenvalue weighted by atomic mass is 10.1. The van der Waals surface area contributed by atoms with Gasteiger partial charge in [-0.05, 0) is 69.0 Å². The molecule has 1 atom stereocenters. The normalized spacial score (nSPS) is 13.4. The molecule has 0 radical (unpaired) electrons. The first-order valence-electron chi connectivity index (χ1n) is 7.07. The van der Waals surface area contributed by atoms with Gasteiger partial charge in [-0.15, -0.1) is 0 Å². The largest absolute Gasteiger partial charge is 0.316 e. The van der Waals surface area contributed by atoms with Crippen molar-refractivity contribution in [3.8, 4) is 0 Å². The van der Waals surface area contributed by atoms with Gasteiger partial charge in [-0.25, -0.2) is 13.1 Å². The van der Waals surface area contributed by atoms with Crippen molar-refractivity contribution in [3.05, 3.63) is 28.8 Å². The van der Waals surface area contributed by atoms with Gasteiger partial charge >= 0.3 is 0 Å². The Hall–Kier alpha value is -0.560. The molecule has 0 aliphatic rings. The fraction of sp³-hybridized carbons (Fsp3) is 0.600. The third-order valence-electron chi connectivity index (χ3n) is 3.46. The Morgan fingerprint density at radius 3 is 2.52 bits per heavy atom. The van der Waals surface area contributed by atoms with E-state index in [4.69, 9.17) is 0 Å². The van der Waals surface area contributed by atoms with Crippen LogP contribution in [0.4, 0.5) is 0 Å². The summed E-state index contributed by atoms with van der Waals surface area (Å²) >= 11 is 1.72. The fourth-order valence-corrected chi connectivity index (χ4v) is 4.40. The van der Waals surface area contributed by atoms with E-state index in [0.29, 0.717) is 11.4 Å². The third kappa shape index (κ3) is 5.29. The van der Waals surface area contributed by atoms with E-state index in [1.807, 2.05) is 40.1 Å². The molecular weight excluding hydrogens is 304 g/mol. The molecule has 0 aliphatic heterocycles. The van der Waals surface area contributed by atoms with Crippen molar-refractivity contribution in [2.45, 2.75) is 44.7 Å². The van der Waals surface area contributed by atoms with Crippen LogP contribution in [-0.2, 0) is 16.6 Å². The summed E-state index contributed by atoms with van der Waals surface area (Å²) in [7, 11) is -1.62. The van der Waals surface area contributed by atoms with Gasteiger partial charge in [0.25, 0.3) is 0 Å². The lowest BCUT2D eigenvalue weighted by Crippen LogP contribution is -2.33. The predicted octanol–water partition coefficient (Wildman–Crippen LogP) is 2.44. The molecule has 0 bridgehead atoms. The highest BCUT2D eigenvalue weighted by Crippen LogP contribution is 2.21. The van der Waals surface area contributed by atoms with Gasteiger partial charge in [0.15, 0.2) is 0 Å². The molecule has 4 nitrogen and oxygen atoms in total. The molecule has 0 heterocycles. The Bertz CT molecular complexity index is 571. The van der Waals surface area contributed by atoms with Crippen molar-refractivity contribution in [2.75, 3.05) is 19.1 Å². The van der Waals surface area contributed by atoms with Crippen molar-refractivity contribution >= 4 is 21.8 Å². The molecule has 1 rings (SSSR count). The molecule has 1 aromatic carbocycles. The standard InChI is InChI=1S/C15H26N2O2S2/c1-11-8-14(10-16-4)9-15(13(11)3)21(18,19)17-12(2)6-7-20-5/h8-9,12,16-17H,6-7,10H2,1-5H3. The molecule has 0 amide bonds. The second-order valence-corrected chi connectivity index (χ2v) is 8.04. The number of hydrogen-bond donors (Lipinski definition) is 2. The lowest BCUT2D eigenvalue weighted by Gasteiger charge is -2.17. The van der Waals surface area contributed by atoms with E-state index in [2.05, 4.69) is 10.0 Å². The van der Waals surface area contributed by atoms with Gasteiger partial charge in [0.1, 0.15) is 0 Å². The van der Waals surface area contributed by atoms with Crippen LogP contribution in [-0.4, -0.2) is 33.5 Å². The van der Waals surface area contributed by atoms with Crippen LogP contribution < -0.4 is 10.0 Å². The summed E-state index contributed by atoms with van der Waals surface area (Å²) in [6.07, 6.45) is 2.85. The number of thioether (sulfide) groups is 1. The summed E-state index contributed by atoms with van der Waals surface area (Å²) in [6, 6.07) is 3.74. The molecular formula is C15H26N2O2S2. The summed E-state index contributed by atoms with van der Waals surface area (Å²) in [6.45, 7) is 6.38. The van der Waals surface area contributed by atoms with Crippen LogP contribution in [0, 0.1) is 13.8 Å². The summed E-state index contributed by atoms with van der Waals surface area (Å²) in [4.78, 5) is 0.392. The van der Waals surface area contributed by atoms with E-state index in [9.17, 15) is 8.42 Å². The van der Waals surface area contributed by atoms with Crippen LogP contribution in [0.15, 0.2) is 17.0 Å². The number of benzene rings is 1. The van der Waals surface area contributed by atoms with Crippen molar-refractivity contribution < 1.29 is 8.42 Å². The molecule has 1 unspecified atom stereocenters. The van der Waals surface area contributed by atoms with Crippen molar-refractivity contribution in [1.82, 2.24) is 10.0 Å². The minimum Gasteiger partial charge on any atom is -0.316 e. The highest BCUT2D eigenvalue weighted by Gasteiger charge is 2.21. The Morgan fingerprint density at radius 2 is 1.95 bits per heavy atom. The number of aryl methyl sites for hydroxylation is 1. The van der Waals surface area contributed by atoms with E-state index in [0.717, 1.165) is 28.9 Å². The second kappa shape index (κ2) is 8.17. The molecule has 1 aromatic rings. The minimum absolute atomic E-state index is 0.0601. The lowest BCUT2D eigenvalue weighted by molar-refractivity contribution is 0.556. The second-order valence-electron chi connectivity index (χ2n) is 5.37. The Balaban J connectivity index is 3.06. The average molecular weight is 331 g/mol. The van der Waals surface area contributed by atoms with E-state index in [1.54, 1.807) is 17.8 Å². The topological polar surface area (TPSA) is 58.2 Å². The van der Waals surface area contributed by atoms with Crippen LogP contribution in [0.5, 0.6) is 0 Å². The van der Waals surface area contributed by atoms with E-state index < -0.39 is 10.0 Å². The monoisotopic (exact) mass is 330 g/mol. The maximum absolute atomic E-state index is 12.6. The molecule has 0 aliphatic carbocycles. The highest BCUT2D eigenvalue weighted by molar-refractivity contribution is 7.98. The van der Waals surface area contributed by atoms with E-state index in [1.165, 1.54) is 0 Å². The van der Waals surface area contributed by atoms with Gasteiger partial charge in [0.2, 0.25) is 10.0 Å². The maximum Gasteiger partial charge on any atom is 0.241 e. The summed E-state index contributed by atoms with van der Waals surface area (Å²) in [5.74, 6) is 0.946. The molecule has 6 heteroatoms. The van der Waals surface area contributed by atoms with Crippen LogP contribution >= 0.6 is 11.8 Å². The summed E-state index contributed by atoms with van der Waals surface area (Å²) in [5.41, 5.74) is 2.80. The van der Waals surface area contributed by atoms with Crippen LogP contribution in [0.25, 0.3) is 0 Å². The number of hydrogen-bond acceptors (Lipinski definition) is 4. The van der Waals surface area contributed by atoms with Crippen molar-refractivity contribution in [3.63, 3.8) is 0 Å². The number of rotatable bonds is 8. The van der Waals surface area contributed by atoms with Gasteiger partial charge in [-0.1, -0.05) is 6.07 Å². The number of sulfonamides is 1. The highest BCUT2D eigenvalue weighted by atomic mass is 32.2. The van der Waals surface area contributed by atoms with Crippen LogP contribution in [0.2, 0.25) is 0 Å². The predicted molar refractivity (Wildman–Crippen MR) is 91.5 cm³/mol. The van der Waals surface area contributed by atoms with Crippen molar-refractivity contribution in [2.24, 2.45) is 0 Å². The average Bonchev–Trinajstić information content (AvgIpc) is 2.40. The van der Waals surface area contributed by atoms with E-state index >= 15 is 0 Å². The fourth-order valence-electron chi connectivity index (χ4n) is 2.17. The maximum atomic E-state index is 12.6. The molecule has 0 spiro atoms. The third-order valence-corrected chi connectivity index (χ3v) is 5.82. The summed E-state index contributed by atoms with van der Waals surface area (Å²) < 4.78 is 28.0. The van der Waals surface area contributed by atoms with E-state index in [-0.39, 0.29) is 6.04 Å². The first kappa shape index (κ1) is 18.5. The molecule has 0 saturated carbocycles. The first-order valence-corrected chi connectivity index (χ1v) is 9.95. The Kier molecular flexibility index (Phi) is 7.20. The van der Waals surface area contributed by atoms with Crippen LogP contribution in [0.3, 0.4) is 0 Å². The van der Waals surface area contributed by atoms with Crippen molar-refractivity contribution in [1.29, 1.82) is 0 Å². The molecule has 21 heavy (non-hydrogen) atoms. The minimum atomic E-state index is -3.47. The zero-order valence-corrected chi connectivity index (χ0v) is 15.1. The van der Waals surface area contributed by atoms with Gasteiger partial charge in [0, 0.05) is 12.6 Å². The SMILES string of the molecule is CNCc1cc(C)c(C)c(S(=O)(=O)NC(C)CCSC)c1.